The van der Waals surface area contributed by atoms with E-state index in [0.29, 0.717) is 5.75 Å². The number of likely N-dealkylation sites (tertiary alicyclic amines) is 2. The van der Waals surface area contributed by atoms with Gasteiger partial charge >= 0.3 is 6.03 Å². The summed E-state index contributed by atoms with van der Waals surface area (Å²) in [6.07, 6.45) is 5.48. The van der Waals surface area contributed by atoms with E-state index in [1.807, 2.05) is 16.8 Å². The van der Waals surface area contributed by atoms with Crippen LogP contribution in [0.1, 0.15) is 25.7 Å². The van der Waals surface area contributed by atoms with Gasteiger partial charge in [-0.25, -0.2) is 4.79 Å². The molecule has 0 saturated carbocycles. The van der Waals surface area contributed by atoms with Crippen molar-refractivity contribution >= 4 is 23.7 Å². The number of piperidine rings is 1. The lowest BCUT2D eigenvalue weighted by molar-refractivity contribution is -0.119. The number of carbonyl (C=O) groups excluding carboxylic acids is 2. The number of nitrogens with one attached hydrogen (secondary N) is 1. The fourth-order valence-corrected chi connectivity index (χ4v) is 3.83. The minimum absolute atomic E-state index is 0.00678. The summed E-state index contributed by atoms with van der Waals surface area (Å²) >= 11 is 1.38. The highest BCUT2D eigenvalue weighted by Gasteiger charge is 2.28. The monoisotopic (exact) mass is 352 g/mol. The number of aromatic nitrogens is 3. The zero-order valence-electron chi connectivity index (χ0n) is 14.0. The first kappa shape index (κ1) is 17.1. The number of aryl methyl sites for hydroxylation is 1. The van der Waals surface area contributed by atoms with Gasteiger partial charge in [0.2, 0.25) is 5.91 Å². The second-order valence-corrected chi connectivity index (χ2v) is 7.26. The molecule has 9 heteroatoms. The Balaban J connectivity index is 1.38. The van der Waals surface area contributed by atoms with Crippen LogP contribution >= 0.6 is 11.8 Å². The summed E-state index contributed by atoms with van der Waals surface area (Å²) in [6, 6.07) is 0.315. The van der Waals surface area contributed by atoms with E-state index in [4.69, 9.17) is 0 Å². The molecule has 0 bridgehead atoms. The predicted molar refractivity (Wildman–Crippen MR) is 90.7 cm³/mol. The van der Waals surface area contributed by atoms with Crippen LogP contribution in [0.2, 0.25) is 0 Å². The minimum Gasteiger partial charge on any atom is -0.353 e. The van der Waals surface area contributed by atoms with Crippen molar-refractivity contribution in [2.24, 2.45) is 7.05 Å². The number of amides is 3. The summed E-state index contributed by atoms with van der Waals surface area (Å²) in [7, 11) is 1.85. The molecule has 2 aliphatic rings. The summed E-state index contributed by atoms with van der Waals surface area (Å²) in [4.78, 5) is 28.3. The van der Waals surface area contributed by atoms with Gasteiger partial charge in [-0.05, 0) is 25.7 Å². The molecule has 3 heterocycles. The van der Waals surface area contributed by atoms with Crippen molar-refractivity contribution in [3.63, 3.8) is 0 Å². The van der Waals surface area contributed by atoms with E-state index < -0.39 is 0 Å². The van der Waals surface area contributed by atoms with Gasteiger partial charge < -0.3 is 19.7 Å². The van der Waals surface area contributed by atoms with E-state index in [0.717, 1.165) is 57.0 Å². The van der Waals surface area contributed by atoms with E-state index >= 15 is 0 Å². The molecular formula is C15H24N6O2S. The van der Waals surface area contributed by atoms with E-state index in [9.17, 15) is 9.59 Å². The molecule has 3 amide bonds. The Morgan fingerprint density at radius 2 is 1.88 bits per heavy atom. The van der Waals surface area contributed by atoms with Crippen LogP contribution in [0.4, 0.5) is 4.79 Å². The number of urea groups is 1. The first-order valence-electron chi connectivity index (χ1n) is 8.43. The molecule has 0 unspecified atom stereocenters. The van der Waals surface area contributed by atoms with Gasteiger partial charge in [-0.3, -0.25) is 4.79 Å². The van der Waals surface area contributed by atoms with E-state index in [2.05, 4.69) is 15.5 Å². The summed E-state index contributed by atoms with van der Waals surface area (Å²) in [5.74, 6) is 0.340. The zero-order chi connectivity index (χ0) is 16.9. The maximum atomic E-state index is 12.3. The van der Waals surface area contributed by atoms with Crippen LogP contribution in [0.15, 0.2) is 11.5 Å². The number of hydrogen-bond acceptors (Lipinski definition) is 5. The molecule has 132 valence electrons. The predicted octanol–water partition coefficient (Wildman–Crippen LogP) is 0.704. The quantitative estimate of drug-likeness (QED) is 0.807. The van der Waals surface area contributed by atoms with Crippen molar-refractivity contribution in [2.75, 3.05) is 31.9 Å². The lowest BCUT2D eigenvalue weighted by Crippen LogP contribution is -2.50. The van der Waals surface area contributed by atoms with Gasteiger partial charge in [0.05, 0.1) is 5.75 Å². The highest BCUT2D eigenvalue weighted by Crippen LogP contribution is 2.17. The van der Waals surface area contributed by atoms with Gasteiger partial charge in [0.15, 0.2) is 5.16 Å². The maximum absolute atomic E-state index is 12.3. The largest absolute Gasteiger partial charge is 0.353 e. The molecule has 0 aromatic carbocycles. The van der Waals surface area contributed by atoms with Crippen LogP contribution in [0.25, 0.3) is 0 Å². The Kier molecular flexibility index (Phi) is 5.60. The maximum Gasteiger partial charge on any atom is 0.319 e. The van der Waals surface area contributed by atoms with Crippen LogP contribution in [-0.4, -0.2) is 74.5 Å². The van der Waals surface area contributed by atoms with Crippen molar-refractivity contribution in [2.45, 2.75) is 36.9 Å². The van der Waals surface area contributed by atoms with Crippen molar-refractivity contribution in [1.82, 2.24) is 29.9 Å². The fraction of sp³-hybridized carbons (Fsp3) is 0.733. The molecular weight excluding hydrogens is 328 g/mol. The standard InChI is InChI=1S/C15H24N6O2S/c1-19-11-16-18-14(19)24-10-13(22)17-12-4-8-21(9-5-12)15(23)20-6-2-3-7-20/h11-12H,2-10H2,1H3,(H,17,22). The molecule has 24 heavy (non-hydrogen) atoms. The van der Waals surface area contributed by atoms with Crippen LogP contribution in [0.5, 0.6) is 0 Å². The summed E-state index contributed by atoms with van der Waals surface area (Å²) < 4.78 is 1.79. The van der Waals surface area contributed by atoms with Crippen LogP contribution in [-0.2, 0) is 11.8 Å². The smallest absolute Gasteiger partial charge is 0.319 e. The average Bonchev–Trinajstić information content (AvgIpc) is 3.25. The Labute approximate surface area is 146 Å². The Morgan fingerprint density at radius 1 is 1.21 bits per heavy atom. The Bertz CT molecular complexity index is 578. The van der Waals surface area contributed by atoms with E-state index in [1.54, 1.807) is 10.9 Å². The molecule has 2 saturated heterocycles. The molecule has 0 spiro atoms. The molecule has 1 N–H and O–H groups in total. The highest BCUT2D eigenvalue weighted by molar-refractivity contribution is 7.99. The number of hydrogen-bond donors (Lipinski definition) is 1. The fourth-order valence-electron chi connectivity index (χ4n) is 3.13. The number of rotatable bonds is 4. The normalized spacial score (nSPS) is 18.9. The molecule has 0 atom stereocenters. The van der Waals surface area contributed by atoms with Crippen LogP contribution < -0.4 is 5.32 Å². The van der Waals surface area contributed by atoms with Gasteiger partial charge in [-0.15, -0.1) is 10.2 Å². The van der Waals surface area contributed by atoms with Crippen molar-refractivity contribution in [3.05, 3.63) is 6.33 Å². The molecule has 0 aliphatic carbocycles. The zero-order valence-corrected chi connectivity index (χ0v) is 14.8. The summed E-state index contributed by atoms with van der Waals surface area (Å²) in [5.41, 5.74) is 0. The Morgan fingerprint density at radius 3 is 2.50 bits per heavy atom. The highest BCUT2D eigenvalue weighted by atomic mass is 32.2. The first-order chi connectivity index (χ1) is 11.6. The third-order valence-electron chi connectivity index (χ3n) is 4.51. The minimum atomic E-state index is 0.00678. The third kappa shape index (κ3) is 4.19. The lowest BCUT2D eigenvalue weighted by atomic mass is 10.1. The van der Waals surface area contributed by atoms with Gasteiger partial charge in [0, 0.05) is 39.3 Å². The van der Waals surface area contributed by atoms with E-state index in [-0.39, 0.29) is 18.0 Å². The Hall–Kier alpha value is -1.77. The molecule has 3 rings (SSSR count). The first-order valence-corrected chi connectivity index (χ1v) is 9.42. The molecule has 0 radical (unpaired) electrons. The number of nitrogens with zero attached hydrogens (tertiary/aromatic N) is 5. The SMILES string of the molecule is Cn1cnnc1SCC(=O)NC1CCN(C(=O)N2CCCC2)CC1. The topological polar surface area (TPSA) is 83.4 Å². The van der Waals surface area contributed by atoms with Crippen molar-refractivity contribution < 1.29 is 9.59 Å². The molecule has 1 aromatic rings. The number of thioether (sulfide) groups is 1. The molecule has 8 nitrogen and oxygen atoms in total. The van der Waals surface area contributed by atoms with E-state index in [1.165, 1.54) is 11.8 Å². The second-order valence-electron chi connectivity index (χ2n) is 6.32. The molecule has 1 aromatic heterocycles. The summed E-state index contributed by atoms with van der Waals surface area (Å²) in [5, 5.41) is 11.5. The van der Waals surface area contributed by atoms with Gasteiger partial charge in [0.1, 0.15) is 6.33 Å². The van der Waals surface area contributed by atoms with Crippen LogP contribution in [0, 0.1) is 0 Å². The van der Waals surface area contributed by atoms with Crippen LogP contribution in [0.3, 0.4) is 0 Å². The van der Waals surface area contributed by atoms with Crippen molar-refractivity contribution in [3.8, 4) is 0 Å². The third-order valence-corrected chi connectivity index (χ3v) is 5.54. The van der Waals surface area contributed by atoms with Crippen molar-refractivity contribution in [1.29, 1.82) is 0 Å². The van der Waals surface area contributed by atoms with Gasteiger partial charge in [-0.2, -0.15) is 0 Å². The average molecular weight is 352 g/mol. The summed E-state index contributed by atoms with van der Waals surface area (Å²) in [6.45, 7) is 3.21. The molecule has 2 fully saturated rings. The lowest BCUT2D eigenvalue weighted by Gasteiger charge is -2.34. The molecule has 2 aliphatic heterocycles. The van der Waals surface area contributed by atoms with Gasteiger partial charge in [0.25, 0.3) is 0 Å². The second kappa shape index (κ2) is 7.87. The van der Waals surface area contributed by atoms with Gasteiger partial charge in [-0.1, -0.05) is 11.8 Å². The number of carbonyl (C=O) groups is 2.